The molecule has 1 atom stereocenters. The maximum Gasteiger partial charge on any atom is 0.244 e. The number of rotatable bonds is 6. The van der Waals surface area contributed by atoms with E-state index in [1.54, 1.807) is 12.1 Å². The van der Waals surface area contributed by atoms with Crippen LogP contribution in [0.25, 0.3) is 11.4 Å². The summed E-state index contributed by atoms with van der Waals surface area (Å²) < 4.78 is 0. The summed E-state index contributed by atoms with van der Waals surface area (Å²) in [5.41, 5.74) is 6.25. The van der Waals surface area contributed by atoms with E-state index in [1.807, 2.05) is 19.1 Å². The highest BCUT2D eigenvalue weighted by Gasteiger charge is 2.41. The van der Waals surface area contributed by atoms with Gasteiger partial charge in [-0.2, -0.15) is 4.80 Å². The topological polar surface area (TPSA) is 98.7 Å². The lowest BCUT2D eigenvalue weighted by atomic mass is 9.96. The number of amides is 1. The number of hydrogen-bond donors (Lipinski definition) is 2. The molecule has 7 nitrogen and oxygen atoms in total. The molecule has 9 heteroatoms. The molecule has 1 saturated carbocycles. The molecule has 3 N–H and O–H groups in total. The summed E-state index contributed by atoms with van der Waals surface area (Å²) in [7, 11) is 0. The van der Waals surface area contributed by atoms with E-state index in [4.69, 9.17) is 17.3 Å². The highest BCUT2D eigenvalue weighted by molar-refractivity contribution is 6.30. The van der Waals surface area contributed by atoms with E-state index in [1.165, 1.54) is 4.80 Å². The molecule has 1 unspecified atom stereocenters. The average Bonchev–Trinajstić information content (AvgIpc) is 3.29. The molecular formula is C15H20Cl2N6O. The third-order valence-corrected chi connectivity index (χ3v) is 4.42. The number of benzene rings is 1. The predicted molar refractivity (Wildman–Crippen MR) is 93.8 cm³/mol. The van der Waals surface area contributed by atoms with Gasteiger partial charge in [-0.1, -0.05) is 11.6 Å². The van der Waals surface area contributed by atoms with Gasteiger partial charge in [0.1, 0.15) is 6.54 Å². The fourth-order valence-electron chi connectivity index (χ4n) is 2.55. The Bertz CT molecular complexity index is 700. The van der Waals surface area contributed by atoms with Crippen molar-refractivity contribution in [3.05, 3.63) is 29.3 Å². The Kier molecular flexibility index (Phi) is 5.79. The summed E-state index contributed by atoms with van der Waals surface area (Å²) in [4.78, 5) is 13.5. The Labute approximate surface area is 151 Å². The first-order valence-corrected chi connectivity index (χ1v) is 7.93. The highest BCUT2D eigenvalue weighted by atomic mass is 35.5. The van der Waals surface area contributed by atoms with Gasteiger partial charge in [0.2, 0.25) is 11.7 Å². The van der Waals surface area contributed by atoms with Crippen molar-refractivity contribution in [2.24, 2.45) is 11.7 Å². The molecule has 3 rings (SSSR count). The van der Waals surface area contributed by atoms with Gasteiger partial charge in [0.15, 0.2) is 0 Å². The van der Waals surface area contributed by atoms with Gasteiger partial charge in [0, 0.05) is 17.1 Å². The van der Waals surface area contributed by atoms with E-state index >= 15 is 0 Å². The second-order valence-electron chi connectivity index (χ2n) is 6.09. The molecule has 1 aromatic carbocycles. The van der Waals surface area contributed by atoms with Gasteiger partial charge in [-0.25, -0.2) is 0 Å². The minimum atomic E-state index is -0.351. The molecule has 0 aliphatic heterocycles. The number of hydrogen-bond acceptors (Lipinski definition) is 5. The zero-order chi connectivity index (χ0) is 16.4. The van der Waals surface area contributed by atoms with Crippen LogP contribution < -0.4 is 11.1 Å². The van der Waals surface area contributed by atoms with Crippen LogP contribution in [-0.4, -0.2) is 38.2 Å². The number of carbonyl (C=O) groups excluding carboxylic acids is 1. The van der Waals surface area contributed by atoms with Crippen molar-refractivity contribution < 1.29 is 4.79 Å². The quantitative estimate of drug-likeness (QED) is 0.805. The monoisotopic (exact) mass is 370 g/mol. The van der Waals surface area contributed by atoms with E-state index < -0.39 is 0 Å². The van der Waals surface area contributed by atoms with E-state index in [0.717, 1.165) is 18.4 Å². The third kappa shape index (κ3) is 4.23. The molecule has 0 bridgehead atoms. The van der Waals surface area contributed by atoms with Crippen molar-refractivity contribution in [1.29, 1.82) is 0 Å². The number of aromatic nitrogens is 4. The normalized spacial score (nSPS) is 16.1. The minimum absolute atomic E-state index is 0. The van der Waals surface area contributed by atoms with Crippen LogP contribution in [0.5, 0.6) is 0 Å². The highest BCUT2D eigenvalue weighted by Crippen LogP contribution is 2.38. The van der Waals surface area contributed by atoms with Crippen molar-refractivity contribution in [3.8, 4) is 11.4 Å². The second-order valence-corrected chi connectivity index (χ2v) is 6.53. The maximum atomic E-state index is 12.2. The molecule has 1 amide bonds. The maximum absolute atomic E-state index is 12.2. The van der Waals surface area contributed by atoms with Crippen LogP contribution >= 0.6 is 24.0 Å². The van der Waals surface area contributed by atoms with Crippen molar-refractivity contribution in [2.75, 3.05) is 6.54 Å². The van der Waals surface area contributed by atoms with E-state index in [-0.39, 0.29) is 30.4 Å². The lowest BCUT2D eigenvalue weighted by Gasteiger charge is -2.29. The number of nitrogens with zero attached hydrogens (tertiary/aromatic N) is 4. The van der Waals surface area contributed by atoms with E-state index in [0.29, 0.717) is 23.3 Å². The molecule has 0 saturated heterocycles. The van der Waals surface area contributed by atoms with Crippen molar-refractivity contribution in [3.63, 3.8) is 0 Å². The van der Waals surface area contributed by atoms with Crippen LogP contribution in [0.15, 0.2) is 24.3 Å². The Morgan fingerprint density at radius 2 is 2.08 bits per heavy atom. The molecular weight excluding hydrogens is 351 g/mol. The van der Waals surface area contributed by atoms with Gasteiger partial charge in [0.05, 0.1) is 5.54 Å². The standard InChI is InChI=1S/C15H19ClN6O.ClH/c1-15(9-17,11-4-5-11)18-13(23)8-22-20-14(19-21-22)10-2-6-12(16)7-3-10;/h2-3,6-7,11H,4-5,8-9,17H2,1H3,(H,18,23);1H. The summed E-state index contributed by atoms with van der Waals surface area (Å²) in [6.45, 7) is 2.42. The zero-order valence-electron chi connectivity index (χ0n) is 13.3. The van der Waals surface area contributed by atoms with Crippen LogP contribution in [0.4, 0.5) is 0 Å². The molecule has 1 fully saturated rings. The smallest absolute Gasteiger partial charge is 0.244 e. The number of halogens is 2. The Morgan fingerprint density at radius 1 is 1.42 bits per heavy atom. The Morgan fingerprint density at radius 3 is 2.67 bits per heavy atom. The van der Waals surface area contributed by atoms with E-state index in [9.17, 15) is 4.79 Å². The van der Waals surface area contributed by atoms with Crippen LogP contribution in [0.1, 0.15) is 19.8 Å². The van der Waals surface area contributed by atoms with Crippen LogP contribution in [0.2, 0.25) is 5.02 Å². The Balaban J connectivity index is 0.00000208. The summed E-state index contributed by atoms with van der Waals surface area (Å²) >= 11 is 5.85. The van der Waals surface area contributed by atoms with Gasteiger partial charge < -0.3 is 11.1 Å². The number of nitrogens with two attached hydrogens (primary N) is 1. The SMILES string of the molecule is CC(CN)(NC(=O)Cn1nnc(-c2ccc(Cl)cc2)n1)C1CC1.Cl. The van der Waals surface area contributed by atoms with Crippen molar-refractivity contribution >= 4 is 29.9 Å². The largest absolute Gasteiger partial charge is 0.348 e. The zero-order valence-corrected chi connectivity index (χ0v) is 14.8. The minimum Gasteiger partial charge on any atom is -0.348 e. The number of carbonyl (C=O) groups is 1. The molecule has 130 valence electrons. The lowest BCUT2D eigenvalue weighted by Crippen LogP contribution is -2.54. The van der Waals surface area contributed by atoms with Gasteiger partial charge in [-0.15, -0.1) is 22.6 Å². The van der Waals surface area contributed by atoms with E-state index in [2.05, 4.69) is 20.7 Å². The fraction of sp³-hybridized carbons (Fsp3) is 0.467. The predicted octanol–water partition coefficient (Wildman–Crippen LogP) is 1.66. The summed E-state index contributed by atoms with van der Waals surface area (Å²) in [6, 6.07) is 7.13. The molecule has 24 heavy (non-hydrogen) atoms. The summed E-state index contributed by atoms with van der Waals surface area (Å²) in [5, 5.41) is 15.8. The average molecular weight is 371 g/mol. The number of nitrogens with one attached hydrogen (secondary N) is 1. The first-order valence-electron chi connectivity index (χ1n) is 7.55. The van der Waals surface area contributed by atoms with Crippen molar-refractivity contribution in [1.82, 2.24) is 25.5 Å². The third-order valence-electron chi connectivity index (χ3n) is 4.17. The molecule has 1 aliphatic rings. The second kappa shape index (κ2) is 7.46. The van der Waals surface area contributed by atoms with Crippen LogP contribution in [0, 0.1) is 5.92 Å². The van der Waals surface area contributed by atoms with Gasteiger partial charge in [0.25, 0.3) is 0 Å². The summed E-state index contributed by atoms with van der Waals surface area (Å²) in [5.74, 6) is 0.757. The van der Waals surface area contributed by atoms with Gasteiger partial charge >= 0.3 is 0 Å². The molecule has 2 aromatic rings. The first kappa shape index (κ1) is 18.6. The molecule has 1 aromatic heterocycles. The van der Waals surface area contributed by atoms with Gasteiger partial charge in [-0.3, -0.25) is 4.79 Å². The number of tetrazole rings is 1. The summed E-state index contributed by atoms with van der Waals surface area (Å²) in [6.07, 6.45) is 2.21. The Hall–Kier alpha value is -1.70. The van der Waals surface area contributed by atoms with Gasteiger partial charge in [-0.05, 0) is 55.2 Å². The van der Waals surface area contributed by atoms with Crippen LogP contribution in [0.3, 0.4) is 0 Å². The van der Waals surface area contributed by atoms with Crippen molar-refractivity contribution in [2.45, 2.75) is 31.8 Å². The van der Waals surface area contributed by atoms with Crippen LogP contribution in [-0.2, 0) is 11.3 Å². The molecule has 1 heterocycles. The lowest BCUT2D eigenvalue weighted by molar-refractivity contribution is -0.124. The molecule has 0 radical (unpaired) electrons. The molecule has 0 spiro atoms. The first-order chi connectivity index (χ1) is 11.0. The molecule has 1 aliphatic carbocycles. The fourth-order valence-corrected chi connectivity index (χ4v) is 2.68.